The van der Waals surface area contributed by atoms with Crippen molar-refractivity contribution in [3.05, 3.63) is 29.8 Å². The molecule has 2 rings (SSSR count). The van der Waals surface area contributed by atoms with E-state index in [0.717, 1.165) is 11.3 Å². The number of aliphatic carboxylic acids is 1. The van der Waals surface area contributed by atoms with Crippen molar-refractivity contribution in [1.29, 1.82) is 0 Å². The number of hydrogen-bond donors (Lipinski definition) is 1. The average Bonchev–Trinajstić information content (AvgIpc) is 2.69. The maximum absolute atomic E-state index is 10.7. The van der Waals surface area contributed by atoms with Crippen molar-refractivity contribution in [2.75, 3.05) is 13.7 Å². The first-order chi connectivity index (χ1) is 9.00. The van der Waals surface area contributed by atoms with E-state index in [2.05, 4.69) is 0 Å². The van der Waals surface area contributed by atoms with E-state index < -0.39 is 11.8 Å². The van der Waals surface area contributed by atoms with Gasteiger partial charge in [0.2, 0.25) is 0 Å². The van der Waals surface area contributed by atoms with Gasteiger partial charge in [0.1, 0.15) is 5.75 Å². The summed E-state index contributed by atoms with van der Waals surface area (Å²) in [6.45, 7) is 2.14. The monoisotopic (exact) mass is 266 g/mol. The predicted molar refractivity (Wildman–Crippen MR) is 68.2 cm³/mol. The second-order valence-electron chi connectivity index (χ2n) is 4.81. The molecule has 1 aliphatic rings. The van der Waals surface area contributed by atoms with Gasteiger partial charge in [0.25, 0.3) is 0 Å². The summed E-state index contributed by atoms with van der Waals surface area (Å²) in [5, 5.41) is 8.75. The molecule has 104 valence electrons. The molecule has 2 atom stereocenters. The molecule has 0 radical (unpaired) electrons. The molecule has 0 bridgehead atoms. The molecule has 19 heavy (non-hydrogen) atoms. The minimum Gasteiger partial charge on any atom is -0.497 e. The van der Waals surface area contributed by atoms with E-state index in [1.807, 2.05) is 31.2 Å². The van der Waals surface area contributed by atoms with Crippen LogP contribution in [0.2, 0.25) is 0 Å². The van der Waals surface area contributed by atoms with Gasteiger partial charge in [0, 0.05) is 6.42 Å². The molecule has 1 N–H and O–H groups in total. The number of hydrogen-bond acceptors (Lipinski definition) is 4. The van der Waals surface area contributed by atoms with Gasteiger partial charge in [-0.25, -0.2) is 0 Å². The lowest BCUT2D eigenvalue weighted by Crippen LogP contribution is -2.30. The summed E-state index contributed by atoms with van der Waals surface area (Å²) in [4.78, 5) is 10.7. The van der Waals surface area contributed by atoms with Crippen LogP contribution in [0.3, 0.4) is 0 Å². The fraction of sp³-hybridized carbons (Fsp3) is 0.500. The first-order valence-electron chi connectivity index (χ1n) is 6.17. The van der Waals surface area contributed by atoms with E-state index >= 15 is 0 Å². The number of rotatable bonds is 5. The zero-order valence-corrected chi connectivity index (χ0v) is 11.1. The smallest absolute Gasteiger partial charge is 0.306 e. The highest BCUT2D eigenvalue weighted by Gasteiger charge is 2.38. The zero-order valence-electron chi connectivity index (χ0n) is 11.1. The summed E-state index contributed by atoms with van der Waals surface area (Å²) < 4.78 is 16.5. The van der Waals surface area contributed by atoms with Crippen molar-refractivity contribution in [3.8, 4) is 5.75 Å². The fourth-order valence-corrected chi connectivity index (χ4v) is 2.23. The minimum atomic E-state index is -0.876. The second kappa shape index (κ2) is 5.59. The largest absolute Gasteiger partial charge is 0.497 e. The summed E-state index contributed by atoms with van der Waals surface area (Å²) in [5.41, 5.74) is 1.03. The molecule has 1 heterocycles. The highest BCUT2D eigenvalue weighted by Crippen LogP contribution is 2.29. The number of carboxylic acids is 1. The van der Waals surface area contributed by atoms with Crippen LogP contribution >= 0.6 is 0 Å². The summed E-state index contributed by atoms with van der Waals surface area (Å²) in [6, 6.07) is 7.66. The fourth-order valence-electron chi connectivity index (χ4n) is 2.23. The molecule has 1 aromatic rings. The molecule has 0 amide bonds. The van der Waals surface area contributed by atoms with Gasteiger partial charge in [-0.05, 0) is 24.6 Å². The molecular formula is C14H18O5. The van der Waals surface area contributed by atoms with E-state index in [4.69, 9.17) is 19.3 Å². The Balaban J connectivity index is 2.00. The van der Waals surface area contributed by atoms with E-state index in [1.165, 1.54) is 0 Å². The van der Waals surface area contributed by atoms with Crippen molar-refractivity contribution in [2.45, 2.75) is 31.7 Å². The quantitative estimate of drug-likeness (QED) is 0.881. The van der Waals surface area contributed by atoms with Crippen LogP contribution in [0.1, 0.15) is 18.9 Å². The first kappa shape index (κ1) is 13.8. The van der Waals surface area contributed by atoms with Crippen LogP contribution in [-0.2, 0) is 20.7 Å². The van der Waals surface area contributed by atoms with Gasteiger partial charge in [-0.3, -0.25) is 4.79 Å². The molecule has 1 aliphatic heterocycles. The van der Waals surface area contributed by atoms with E-state index in [9.17, 15) is 4.79 Å². The third kappa shape index (κ3) is 3.68. The van der Waals surface area contributed by atoms with E-state index in [1.54, 1.807) is 7.11 Å². The van der Waals surface area contributed by atoms with Crippen molar-refractivity contribution >= 4 is 5.97 Å². The molecular weight excluding hydrogens is 248 g/mol. The van der Waals surface area contributed by atoms with Crippen LogP contribution in [0, 0.1) is 0 Å². The normalized spacial score (nSPS) is 26.3. The van der Waals surface area contributed by atoms with Crippen LogP contribution in [0.25, 0.3) is 0 Å². The van der Waals surface area contributed by atoms with Gasteiger partial charge >= 0.3 is 5.97 Å². The van der Waals surface area contributed by atoms with Gasteiger partial charge in [0.05, 0.1) is 26.2 Å². The maximum atomic E-state index is 10.7. The van der Waals surface area contributed by atoms with Crippen LogP contribution in [0.5, 0.6) is 5.75 Å². The molecule has 0 aliphatic carbocycles. The van der Waals surface area contributed by atoms with Crippen LogP contribution in [-0.4, -0.2) is 36.7 Å². The van der Waals surface area contributed by atoms with Gasteiger partial charge in [0.15, 0.2) is 5.79 Å². The number of benzene rings is 1. The molecule has 1 saturated heterocycles. The molecule has 1 fully saturated rings. The highest BCUT2D eigenvalue weighted by atomic mass is 16.7. The average molecular weight is 266 g/mol. The second-order valence-corrected chi connectivity index (χ2v) is 4.81. The van der Waals surface area contributed by atoms with Gasteiger partial charge in [-0.15, -0.1) is 0 Å². The Morgan fingerprint density at radius 1 is 1.58 bits per heavy atom. The SMILES string of the molecule is COc1cccc(CC2(C)OCC(CC(=O)O)O2)c1. The maximum Gasteiger partial charge on any atom is 0.306 e. The first-order valence-corrected chi connectivity index (χ1v) is 6.17. The van der Waals surface area contributed by atoms with Crippen molar-refractivity contribution in [3.63, 3.8) is 0 Å². The summed E-state index contributed by atoms with van der Waals surface area (Å²) in [6.07, 6.45) is 0.140. The lowest BCUT2D eigenvalue weighted by Gasteiger charge is -2.23. The lowest BCUT2D eigenvalue weighted by molar-refractivity contribution is -0.158. The molecule has 5 nitrogen and oxygen atoms in total. The number of ether oxygens (including phenoxy) is 3. The third-order valence-corrected chi connectivity index (χ3v) is 3.05. The van der Waals surface area contributed by atoms with Gasteiger partial charge in [-0.1, -0.05) is 12.1 Å². The molecule has 0 saturated carbocycles. The molecule has 0 spiro atoms. The van der Waals surface area contributed by atoms with Crippen molar-refractivity contribution in [1.82, 2.24) is 0 Å². The van der Waals surface area contributed by atoms with Crippen LogP contribution in [0.4, 0.5) is 0 Å². The third-order valence-electron chi connectivity index (χ3n) is 3.05. The Bertz CT molecular complexity index is 459. The van der Waals surface area contributed by atoms with Gasteiger partial charge in [-0.2, -0.15) is 0 Å². The number of carboxylic acid groups (broad SMARTS) is 1. The Hall–Kier alpha value is -1.59. The minimum absolute atomic E-state index is 0.0340. The van der Waals surface area contributed by atoms with Crippen LogP contribution < -0.4 is 4.74 Å². The summed E-state index contributed by atoms with van der Waals surface area (Å²) >= 11 is 0. The lowest BCUT2D eigenvalue weighted by atomic mass is 10.1. The summed E-state index contributed by atoms with van der Waals surface area (Å²) in [5.74, 6) is -0.868. The van der Waals surface area contributed by atoms with Crippen LogP contribution in [0.15, 0.2) is 24.3 Å². The molecule has 2 unspecified atom stereocenters. The molecule has 0 aromatic heterocycles. The standard InChI is InChI=1S/C14H18O5/c1-14(18-9-12(19-14)7-13(15)16)8-10-4-3-5-11(6-10)17-2/h3-6,12H,7-9H2,1-2H3,(H,15,16). The Morgan fingerprint density at radius 2 is 2.37 bits per heavy atom. The zero-order chi connectivity index (χ0) is 13.9. The van der Waals surface area contributed by atoms with Gasteiger partial charge < -0.3 is 19.3 Å². The number of methoxy groups -OCH3 is 1. The topological polar surface area (TPSA) is 65.0 Å². The Kier molecular flexibility index (Phi) is 4.07. The molecule has 5 heteroatoms. The molecule has 1 aromatic carbocycles. The van der Waals surface area contributed by atoms with E-state index in [0.29, 0.717) is 13.0 Å². The Morgan fingerprint density at radius 3 is 3.05 bits per heavy atom. The summed E-state index contributed by atoms with van der Waals surface area (Å²) in [7, 11) is 1.62. The number of carbonyl (C=O) groups is 1. The Labute approximate surface area is 112 Å². The highest BCUT2D eigenvalue weighted by molar-refractivity contribution is 5.67. The van der Waals surface area contributed by atoms with E-state index in [-0.39, 0.29) is 12.5 Å². The van der Waals surface area contributed by atoms with Crippen molar-refractivity contribution in [2.24, 2.45) is 0 Å². The van der Waals surface area contributed by atoms with Crippen molar-refractivity contribution < 1.29 is 24.1 Å². The predicted octanol–water partition coefficient (Wildman–Crippen LogP) is 1.84.